The Labute approximate surface area is 142 Å². The smallest absolute Gasteiger partial charge is 0.233 e. The number of aromatic nitrogens is 2. The van der Waals surface area contributed by atoms with Crippen LogP contribution in [0.4, 0.5) is 0 Å². The molecule has 9 heteroatoms. The third-order valence-electron chi connectivity index (χ3n) is 3.56. The lowest BCUT2D eigenvalue weighted by Crippen LogP contribution is -2.39. The minimum absolute atomic E-state index is 0.137. The lowest BCUT2D eigenvalue weighted by molar-refractivity contribution is -0.129. The molecule has 2 amide bonds. The van der Waals surface area contributed by atoms with Gasteiger partial charge < -0.3 is 10.6 Å². The Morgan fingerprint density at radius 2 is 1.77 bits per heavy atom. The number of nitrogens with zero attached hydrogens (tertiary/aromatic N) is 3. The fourth-order valence-corrected chi connectivity index (χ4v) is 5.03. The first-order valence-corrected chi connectivity index (χ1v) is 9.98. The van der Waals surface area contributed by atoms with Crippen LogP contribution in [0.5, 0.6) is 0 Å². The van der Waals surface area contributed by atoms with E-state index in [0.29, 0.717) is 16.1 Å². The summed E-state index contributed by atoms with van der Waals surface area (Å²) in [4.78, 5) is 24.8. The number of nitrogens with two attached hydrogens (primary N) is 1. The van der Waals surface area contributed by atoms with Gasteiger partial charge >= 0.3 is 0 Å². The molecule has 2 N–H and O–H groups in total. The van der Waals surface area contributed by atoms with Crippen LogP contribution < -0.4 is 5.73 Å². The van der Waals surface area contributed by atoms with Gasteiger partial charge in [-0.3, -0.25) is 9.59 Å². The maximum Gasteiger partial charge on any atom is 0.233 e. The first kappa shape index (κ1) is 17.6. The van der Waals surface area contributed by atoms with Crippen molar-refractivity contribution in [3.63, 3.8) is 0 Å². The number of thioether (sulfide) groups is 2. The first-order valence-electron chi connectivity index (χ1n) is 7.19. The molecule has 1 fully saturated rings. The largest absolute Gasteiger partial charge is 0.369 e. The average molecular weight is 361 g/mol. The molecule has 2 rings (SSSR count). The maximum absolute atomic E-state index is 12.2. The van der Waals surface area contributed by atoms with Gasteiger partial charge in [0, 0.05) is 13.1 Å². The highest BCUT2D eigenvalue weighted by molar-refractivity contribution is 8.03. The molecule has 0 aliphatic heterocycles. The molecule has 0 unspecified atom stereocenters. The van der Waals surface area contributed by atoms with Crippen molar-refractivity contribution in [1.29, 1.82) is 0 Å². The van der Waals surface area contributed by atoms with Crippen molar-refractivity contribution in [3.05, 3.63) is 0 Å². The summed E-state index contributed by atoms with van der Waals surface area (Å²) < 4.78 is 1.45. The van der Waals surface area contributed by atoms with Crippen molar-refractivity contribution in [2.45, 2.75) is 46.8 Å². The van der Waals surface area contributed by atoms with E-state index in [9.17, 15) is 9.59 Å². The zero-order valence-electron chi connectivity index (χ0n) is 12.5. The zero-order chi connectivity index (χ0) is 15.9. The summed E-state index contributed by atoms with van der Waals surface area (Å²) >= 11 is 4.06. The van der Waals surface area contributed by atoms with Crippen LogP contribution in [0.15, 0.2) is 8.68 Å². The Morgan fingerprint density at radius 1 is 1.18 bits per heavy atom. The SMILES string of the molecule is CN(C(=O)CSc1nnc(SCC(N)=O)s1)C1CCCCC1. The van der Waals surface area contributed by atoms with Crippen LogP contribution in [-0.4, -0.2) is 51.5 Å². The summed E-state index contributed by atoms with van der Waals surface area (Å²) in [6.07, 6.45) is 5.93. The van der Waals surface area contributed by atoms with Gasteiger partial charge in [-0.25, -0.2) is 0 Å². The van der Waals surface area contributed by atoms with Crippen LogP contribution in [-0.2, 0) is 9.59 Å². The fraction of sp³-hybridized carbons (Fsp3) is 0.692. The number of carbonyl (C=O) groups excluding carboxylic acids is 2. The second-order valence-electron chi connectivity index (χ2n) is 5.17. The van der Waals surface area contributed by atoms with Gasteiger partial charge in [-0.2, -0.15) is 0 Å². The van der Waals surface area contributed by atoms with Gasteiger partial charge in [-0.15, -0.1) is 10.2 Å². The van der Waals surface area contributed by atoms with E-state index in [1.54, 1.807) is 0 Å². The highest BCUT2D eigenvalue weighted by Crippen LogP contribution is 2.29. The molecule has 1 aromatic heterocycles. The van der Waals surface area contributed by atoms with E-state index in [-0.39, 0.29) is 17.6 Å². The van der Waals surface area contributed by atoms with Crippen molar-refractivity contribution in [1.82, 2.24) is 15.1 Å². The van der Waals surface area contributed by atoms with Crippen molar-refractivity contribution in [2.24, 2.45) is 5.73 Å². The summed E-state index contributed by atoms with van der Waals surface area (Å²) in [6.45, 7) is 0. The zero-order valence-corrected chi connectivity index (χ0v) is 14.9. The third-order valence-corrected chi connectivity index (χ3v) is 6.76. The summed E-state index contributed by atoms with van der Waals surface area (Å²) in [7, 11) is 1.90. The fourth-order valence-electron chi connectivity index (χ4n) is 2.34. The number of primary amides is 1. The normalized spacial score (nSPS) is 15.7. The minimum Gasteiger partial charge on any atom is -0.369 e. The predicted octanol–water partition coefficient (Wildman–Crippen LogP) is 2.00. The predicted molar refractivity (Wildman–Crippen MR) is 90.2 cm³/mol. The van der Waals surface area contributed by atoms with E-state index < -0.39 is 0 Å². The number of carbonyl (C=O) groups is 2. The monoisotopic (exact) mass is 360 g/mol. The molecule has 0 atom stereocenters. The van der Waals surface area contributed by atoms with E-state index in [0.717, 1.165) is 17.2 Å². The van der Waals surface area contributed by atoms with E-state index >= 15 is 0 Å². The maximum atomic E-state index is 12.2. The number of hydrogen-bond donors (Lipinski definition) is 1. The first-order chi connectivity index (χ1) is 10.6. The molecule has 0 saturated heterocycles. The van der Waals surface area contributed by atoms with Crippen LogP contribution in [0.1, 0.15) is 32.1 Å². The van der Waals surface area contributed by atoms with E-state index in [2.05, 4.69) is 10.2 Å². The molecule has 0 radical (unpaired) electrons. The number of amides is 2. The lowest BCUT2D eigenvalue weighted by atomic mass is 9.94. The Kier molecular flexibility index (Phi) is 6.97. The second kappa shape index (κ2) is 8.73. The van der Waals surface area contributed by atoms with Crippen LogP contribution >= 0.6 is 34.9 Å². The standard InChI is InChI=1S/C13H20N4O2S3/c1-17(9-5-3-2-4-6-9)11(19)8-21-13-16-15-12(22-13)20-7-10(14)18/h9H,2-8H2,1H3,(H2,14,18). The van der Waals surface area contributed by atoms with Crippen LogP contribution in [0.2, 0.25) is 0 Å². The van der Waals surface area contributed by atoms with Gasteiger partial charge in [0.05, 0.1) is 11.5 Å². The molecule has 6 nitrogen and oxygen atoms in total. The van der Waals surface area contributed by atoms with E-state index in [1.165, 1.54) is 54.1 Å². The third kappa shape index (κ3) is 5.44. The quantitative estimate of drug-likeness (QED) is 0.748. The van der Waals surface area contributed by atoms with Crippen molar-refractivity contribution in [2.75, 3.05) is 18.6 Å². The van der Waals surface area contributed by atoms with Gasteiger partial charge in [0.2, 0.25) is 11.8 Å². The van der Waals surface area contributed by atoms with Gasteiger partial charge in [0.15, 0.2) is 8.68 Å². The molecule has 22 heavy (non-hydrogen) atoms. The van der Waals surface area contributed by atoms with Crippen molar-refractivity contribution < 1.29 is 9.59 Å². The minimum atomic E-state index is -0.376. The molecule has 0 aromatic carbocycles. The Balaban J connectivity index is 1.76. The molecule has 122 valence electrons. The molecule has 0 bridgehead atoms. The Bertz CT molecular complexity index is 517. The van der Waals surface area contributed by atoms with Gasteiger partial charge in [0.1, 0.15) is 0 Å². The van der Waals surface area contributed by atoms with Crippen LogP contribution in [0.3, 0.4) is 0 Å². The Hall–Kier alpha value is -0.800. The summed E-state index contributed by atoms with van der Waals surface area (Å²) in [6, 6.07) is 0.387. The van der Waals surface area contributed by atoms with E-state index in [4.69, 9.17) is 5.73 Å². The van der Waals surface area contributed by atoms with Crippen molar-refractivity contribution >= 4 is 46.7 Å². The topological polar surface area (TPSA) is 89.2 Å². The molecule has 0 spiro atoms. The summed E-state index contributed by atoms with van der Waals surface area (Å²) in [5, 5.41) is 8.00. The molecule has 1 aliphatic carbocycles. The molecular weight excluding hydrogens is 340 g/mol. The molecule has 1 aromatic rings. The summed E-state index contributed by atoms with van der Waals surface area (Å²) in [5.74, 6) is 0.335. The van der Waals surface area contributed by atoms with Gasteiger partial charge in [0.25, 0.3) is 0 Å². The molecule has 1 saturated carbocycles. The molecule has 1 heterocycles. The second-order valence-corrected chi connectivity index (χ2v) is 8.60. The average Bonchev–Trinajstić information content (AvgIpc) is 2.98. The highest BCUT2D eigenvalue weighted by Gasteiger charge is 2.22. The van der Waals surface area contributed by atoms with E-state index in [1.807, 2.05) is 11.9 Å². The van der Waals surface area contributed by atoms with Crippen LogP contribution in [0.25, 0.3) is 0 Å². The van der Waals surface area contributed by atoms with Gasteiger partial charge in [-0.05, 0) is 12.8 Å². The Morgan fingerprint density at radius 3 is 2.36 bits per heavy atom. The molecular formula is C13H20N4O2S3. The van der Waals surface area contributed by atoms with Crippen molar-refractivity contribution in [3.8, 4) is 0 Å². The number of hydrogen-bond acceptors (Lipinski definition) is 7. The lowest BCUT2D eigenvalue weighted by Gasteiger charge is -2.31. The summed E-state index contributed by atoms with van der Waals surface area (Å²) in [5.41, 5.74) is 5.09. The molecule has 1 aliphatic rings. The van der Waals surface area contributed by atoms with Gasteiger partial charge in [-0.1, -0.05) is 54.1 Å². The number of rotatable bonds is 7. The highest BCUT2D eigenvalue weighted by atomic mass is 32.2. The van der Waals surface area contributed by atoms with Crippen LogP contribution in [0, 0.1) is 0 Å².